The highest BCUT2D eigenvalue weighted by Gasteiger charge is 2.12. The molecule has 0 aromatic carbocycles. The summed E-state index contributed by atoms with van der Waals surface area (Å²) in [6.45, 7) is 6.43. The van der Waals surface area contributed by atoms with Crippen molar-refractivity contribution in [3.63, 3.8) is 0 Å². The SMILES string of the molecule is Cc1ncc(Cn2c(C(C)C)nc(Cl)cc2=O)s1. The van der Waals surface area contributed by atoms with E-state index in [0.717, 1.165) is 9.88 Å². The predicted molar refractivity (Wildman–Crippen MR) is 73.5 cm³/mol. The van der Waals surface area contributed by atoms with Gasteiger partial charge in [-0.2, -0.15) is 0 Å². The molecular formula is C12H14ClN3OS. The topological polar surface area (TPSA) is 47.8 Å². The van der Waals surface area contributed by atoms with Gasteiger partial charge in [0.15, 0.2) is 0 Å². The first-order chi connectivity index (χ1) is 8.47. The molecule has 0 spiro atoms. The third kappa shape index (κ3) is 2.79. The number of aryl methyl sites for hydroxylation is 1. The van der Waals surface area contributed by atoms with Crippen LogP contribution in [0.15, 0.2) is 17.1 Å². The first-order valence-electron chi connectivity index (χ1n) is 5.66. The second kappa shape index (κ2) is 5.20. The highest BCUT2D eigenvalue weighted by Crippen LogP contribution is 2.17. The van der Waals surface area contributed by atoms with Crippen LogP contribution in [0.5, 0.6) is 0 Å². The van der Waals surface area contributed by atoms with Crippen LogP contribution in [0, 0.1) is 6.92 Å². The Morgan fingerprint density at radius 1 is 1.50 bits per heavy atom. The highest BCUT2D eigenvalue weighted by atomic mass is 35.5. The molecule has 0 saturated carbocycles. The molecule has 0 amide bonds. The Morgan fingerprint density at radius 3 is 2.78 bits per heavy atom. The van der Waals surface area contributed by atoms with Crippen molar-refractivity contribution >= 4 is 22.9 Å². The zero-order valence-corrected chi connectivity index (χ0v) is 12.0. The Balaban J connectivity index is 2.46. The third-order valence-electron chi connectivity index (χ3n) is 2.51. The van der Waals surface area contributed by atoms with Crippen molar-refractivity contribution in [2.24, 2.45) is 0 Å². The quantitative estimate of drug-likeness (QED) is 0.814. The van der Waals surface area contributed by atoms with Crippen molar-refractivity contribution in [2.75, 3.05) is 0 Å². The van der Waals surface area contributed by atoms with Crippen LogP contribution in [0.2, 0.25) is 5.15 Å². The fourth-order valence-electron chi connectivity index (χ4n) is 1.73. The Kier molecular flexibility index (Phi) is 3.82. The van der Waals surface area contributed by atoms with Gasteiger partial charge in [0.05, 0.1) is 11.6 Å². The molecule has 0 aliphatic heterocycles. The van der Waals surface area contributed by atoms with Crippen LogP contribution in [0.3, 0.4) is 0 Å². The summed E-state index contributed by atoms with van der Waals surface area (Å²) in [5.74, 6) is 0.851. The summed E-state index contributed by atoms with van der Waals surface area (Å²) in [6, 6.07) is 1.35. The molecule has 0 saturated heterocycles. The fourth-order valence-corrected chi connectivity index (χ4v) is 2.69. The molecule has 6 heteroatoms. The summed E-state index contributed by atoms with van der Waals surface area (Å²) in [6.07, 6.45) is 1.80. The van der Waals surface area contributed by atoms with Crippen LogP contribution in [-0.4, -0.2) is 14.5 Å². The van der Waals surface area contributed by atoms with E-state index in [9.17, 15) is 4.79 Å². The first-order valence-corrected chi connectivity index (χ1v) is 6.85. The second-order valence-electron chi connectivity index (χ2n) is 4.36. The Labute approximate surface area is 114 Å². The van der Waals surface area contributed by atoms with Gasteiger partial charge in [-0.3, -0.25) is 9.36 Å². The molecule has 0 aliphatic rings. The monoisotopic (exact) mass is 283 g/mol. The van der Waals surface area contributed by atoms with Crippen LogP contribution in [0.25, 0.3) is 0 Å². The Hall–Kier alpha value is -1.20. The molecule has 0 atom stereocenters. The second-order valence-corrected chi connectivity index (χ2v) is 6.07. The van der Waals surface area contributed by atoms with E-state index in [1.165, 1.54) is 6.07 Å². The van der Waals surface area contributed by atoms with Gasteiger partial charge in [0.25, 0.3) is 5.56 Å². The number of nitrogens with zero attached hydrogens (tertiary/aromatic N) is 3. The van der Waals surface area contributed by atoms with Crippen molar-refractivity contribution in [1.82, 2.24) is 14.5 Å². The van der Waals surface area contributed by atoms with E-state index in [1.807, 2.05) is 20.8 Å². The van der Waals surface area contributed by atoms with Gasteiger partial charge in [-0.1, -0.05) is 25.4 Å². The lowest BCUT2D eigenvalue weighted by molar-refractivity contribution is 0.628. The van der Waals surface area contributed by atoms with Gasteiger partial charge in [-0.15, -0.1) is 11.3 Å². The van der Waals surface area contributed by atoms with Crippen LogP contribution >= 0.6 is 22.9 Å². The van der Waals surface area contributed by atoms with Gasteiger partial charge < -0.3 is 0 Å². The summed E-state index contributed by atoms with van der Waals surface area (Å²) in [4.78, 5) is 21.5. The zero-order chi connectivity index (χ0) is 13.3. The minimum atomic E-state index is -0.121. The molecule has 0 radical (unpaired) electrons. The van der Waals surface area contributed by atoms with Gasteiger partial charge in [0, 0.05) is 23.1 Å². The lowest BCUT2D eigenvalue weighted by Crippen LogP contribution is -2.25. The summed E-state index contributed by atoms with van der Waals surface area (Å²) >= 11 is 7.42. The van der Waals surface area contributed by atoms with Gasteiger partial charge in [-0.25, -0.2) is 9.97 Å². The molecular weight excluding hydrogens is 270 g/mol. The Bertz CT molecular complexity index is 618. The summed E-state index contributed by atoms with van der Waals surface area (Å²) in [5, 5.41) is 1.24. The molecule has 2 aromatic rings. The van der Waals surface area contributed by atoms with Crippen LogP contribution in [0.1, 0.15) is 35.5 Å². The van der Waals surface area contributed by atoms with E-state index in [4.69, 9.17) is 11.6 Å². The average molecular weight is 284 g/mol. The maximum atomic E-state index is 12.0. The molecule has 2 heterocycles. The maximum absolute atomic E-state index is 12.0. The summed E-state index contributed by atoms with van der Waals surface area (Å²) in [7, 11) is 0. The van der Waals surface area contributed by atoms with Crippen molar-refractivity contribution < 1.29 is 0 Å². The molecule has 0 N–H and O–H groups in total. The van der Waals surface area contributed by atoms with Crippen LogP contribution in [-0.2, 0) is 6.54 Å². The van der Waals surface area contributed by atoms with E-state index < -0.39 is 0 Å². The smallest absolute Gasteiger partial charge is 0.255 e. The van der Waals surface area contributed by atoms with Crippen molar-refractivity contribution in [3.8, 4) is 0 Å². The first kappa shape index (κ1) is 13.2. The molecule has 0 unspecified atom stereocenters. The van der Waals surface area contributed by atoms with Gasteiger partial charge in [0.1, 0.15) is 11.0 Å². The molecule has 0 aliphatic carbocycles. The number of halogens is 1. The van der Waals surface area contributed by atoms with Crippen molar-refractivity contribution in [2.45, 2.75) is 33.2 Å². The van der Waals surface area contributed by atoms with Crippen molar-refractivity contribution in [1.29, 1.82) is 0 Å². The fraction of sp³-hybridized carbons (Fsp3) is 0.417. The lowest BCUT2D eigenvalue weighted by atomic mass is 10.2. The summed E-state index contributed by atoms with van der Waals surface area (Å²) < 4.78 is 1.66. The molecule has 2 aromatic heterocycles. The van der Waals surface area contributed by atoms with Gasteiger partial charge >= 0.3 is 0 Å². The summed E-state index contributed by atoms with van der Waals surface area (Å²) in [5.41, 5.74) is -0.121. The largest absolute Gasteiger partial charge is 0.291 e. The molecule has 18 heavy (non-hydrogen) atoms. The normalized spacial score (nSPS) is 11.2. The molecule has 2 rings (SSSR count). The molecule has 0 bridgehead atoms. The number of rotatable bonds is 3. The average Bonchev–Trinajstić information content (AvgIpc) is 2.67. The number of hydrogen-bond donors (Lipinski definition) is 0. The minimum Gasteiger partial charge on any atom is -0.291 e. The van der Waals surface area contributed by atoms with E-state index in [2.05, 4.69) is 9.97 Å². The number of thiazole rings is 1. The Morgan fingerprint density at radius 2 is 2.22 bits per heavy atom. The van der Waals surface area contributed by atoms with E-state index in [1.54, 1.807) is 22.1 Å². The van der Waals surface area contributed by atoms with E-state index in [0.29, 0.717) is 12.4 Å². The van der Waals surface area contributed by atoms with Gasteiger partial charge in [-0.05, 0) is 6.92 Å². The van der Waals surface area contributed by atoms with Gasteiger partial charge in [0.2, 0.25) is 0 Å². The standard InChI is InChI=1S/C12H14ClN3OS/c1-7(2)12-15-10(13)4-11(17)16(12)6-9-5-14-8(3)18-9/h4-5,7H,6H2,1-3H3. The molecule has 96 valence electrons. The van der Waals surface area contributed by atoms with Crippen LogP contribution < -0.4 is 5.56 Å². The maximum Gasteiger partial charge on any atom is 0.255 e. The van der Waals surface area contributed by atoms with E-state index >= 15 is 0 Å². The predicted octanol–water partition coefficient (Wildman–Crippen LogP) is 2.83. The highest BCUT2D eigenvalue weighted by molar-refractivity contribution is 7.11. The number of aromatic nitrogens is 3. The zero-order valence-electron chi connectivity index (χ0n) is 10.5. The van der Waals surface area contributed by atoms with Crippen LogP contribution in [0.4, 0.5) is 0 Å². The third-order valence-corrected chi connectivity index (χ3v) is 3.60. The van der Waals surface area contributed by atoms with Crippen molar-refractivity contribution in [3.05, 3.63) is 43.5 Å². The molecule has 4 nitrogen and oxygen atoms in total. The lowest BCUT2D eigenvalue weighted by Gasteiger charge is -2.13. The van der Waals surface area contributed by atoms with E-state index in [-0.39, 0.29) is 16.6 Å². The molecule has 0 fully saturated rings. The number of hydrogen-bond acceptors (Lipinski definition) is 4. The minimum absolute atomic E-state index is 0.121.